The molecule has 0 unspecified atom stereocenters. The minimum Gasteiger partial charge on any atom is -0.394 e. The third kappa shape index (κ3) is 3.46. The van der Waals surface area contributed by atoms with Crippen molar-refractivity contribution in [1.29, 1.82) is 0 Å². The van der Waals surface area contributed by atoms with Gasteiger partial charge in [0.25, 0.3) is 10.1 Å². The molecule has 1 aliphatic rings. The quantitative estimate of drug-likeness (QED) is 0.489. The van der Waals surface area contributed by atoms with E-state index in [4.69, 9.17) is 14.0 Å². The largest absolute Gasteiger partial charge is 0.394 e. The van der Waals surface area contributed by atoms with Gasteiger partial charge in [-0.25, -0.2) is 4.18 Å². The van der Waals surface area contributed by atoms with Crippen LogP contribution in [0.2, 0.25) is 0 Å². The van der Waals surface area contributed by atoms with Crippen molar-refractivity contribution >= 4 is 10.1 Å². The molecule has 1 aromatic rings. The van der Waals surface area contributed by atoms with E-state index in [2.05, 4.69) is 0 Å². The van der Waals surface area contributed by atoms with Crippen LogP contribution in [0, 0.1) is 6.92 Å². The van der Waals surface area contributed by atoms with E-state index in [1.165, 1.54) is 12.1 Å². The van der Waals surface area contributed by atoms with Crippen molar-refractivity contribution in [2.24, 2.45) is 0 Å². The molecule has 1 aromatic carbocycles. The molecule has 0 bridgehead atoms. The SMILES string of the molecule is Cc1ccc(S(=O)(=O)O[C@H]2O[C@H](CO)[C@H](O)[C@H](O)[C@H]2O)cc1. The van der Waals surface area contributed by atoms with Crippen molar-refractivity contribution < 1.29 is 37.8 Å². The van der Waals surface area contributed by atoms with Gasteiger partial charge in [0.1, 0.15) is 24.4 Å². The second-order valence-electron chi connectivity index (χ2n) is 5.06. The van der Waals surface area contributed by atoms with Gasteiger partial charge >= 0.3 is 0 Å². The molecule has 22 heavy (non-hydrogen) atoms. The van der Waals surface area contributed by atoms with Crippen molar-refractivity contribution in [3.05, 3.63) is 29.8 Å². The summed E-state index contributed by atoms with van der Waals surface area (Å²) in [6, 6.07) is 5.80. The Morgan fingerprint density at radius 3 is 2.23 bits per heavy atom. The summed E-state index contributed by atoms with van der Waals surface area (Å²) in [5.41, 5.74) is 0.854. The van der Waals surface area contributed by atoms with Gasteiger partial charge in [0.2, 0.25) is 6.29 Å². The maximum atomic E-state index is 12.1. The highest BCUT2D eigenvalue weighted by Gasteiger charge is 2.45. The van der Waals surface area contributed by atoms with E-state index >= 15 is 0 Å². The van der Waals surface area contributed by atoms with Crippen LogP contribution in [-0.4, -0.2) is 66.2 Å². The maximum absolute atomic E-state index is 12.1. The molecular formula is C13H18O8S. The van der Waals surface area contributed by atoms with Crippen LogP contribution in [0.15, 0.2) is 29.2 Å². The number of benzene rings is 1. The number of aryl methyl sites for hydroxylation is 1. The summed E-state index contributed by atoms with van der Waals surface area (Å²) >= 11 is 0. The summed E-state index contributed by atoms with van der Waals surface area (Å²) in [5, 5.41) is 38.0. The summed E-state index contributed by atoms with van der Waals surface area (Å²) in [7, 11) is -4.24. The first-order valence-corrected chi connectivity index (χ1v) is 7.97. The maximum Gasteiger partial charge on any atom is 0.299 e. The highest BCUT2D eigenvalue weighted by Crippen LogP contribution is 2.25. The monoisotopic (exact) mass is 334 g/mol. The molecule has 1 heterocycles. The Labute approximate surface area is 127 Å². The molecule has 0 radical (unpaired) electrons. The summed E-state index contributed by atoms with van der Waals surface area (Å²) in [6.07, 6.45) is -8.04. The molecular weight excluding hydrogens is 316 g/mol. The first kappa shape index (κ1) is 17.3. The van der Waals surface area contributed by atoms with Gasteiger partial charge in [-0.2, -0.15) is 8.42 Å². The van der Waals surface area contributed by atoms with Crippen LogP contribution in [0.4, 0.5) is 0 Å². The molecule has 1 saturated heterocycles. The zero-order chi connectivity index (χ0) is 16.5. The first-order valence-electron chi connectivity index (χ1n) is 6.57. The van der Waals surface area contributed by atoms with E-state index in [0.717, 1.165) is 5.56 Å². The van der Waals surface area contributed by atoms with Crippen molar-refractivity contribution in [1.82, 2.24) is 0 Å². The molecule has 1 fully saturated rings. The zero-order valence-electron chi connectivity index (χ0n) is 11.7. The van der Waals surface area contributed by atoms with Gasteiger partial charge < -0.3 is 25.2 Å². The molecule has 0 spiro atoms. The average Bonchev–Trinajstić information content (AvgIpc) is 2.48. The second kappa shape index (κ2) is 6.59. The Bertz CT molecular complexity index is 597. The molecule has 0 saturated carbocycles. The lowest BCUT2D eigenvalue weighted by Crippen LogP contribution is -2.59. The van der Waals surface area contributed by atoms with Gasteiger partial charge in [-0.1, -0.05) is 17.7 Å². The molecule has 2 rings (SSSR count). The third-order valence-electron chi connectivity index (χ3n) is 3.38. The smallest absolute Gasteiger partial charge is 0.299 e. The van der Waals surface area contributed by atoms with E-state index < -0.39 is 47.4 Å². The van der Waals surface area contributed by atoms with Crippen LogP contribution in [0.3, 0.4) is 0 Å². The minimum absolute atomic E-state index is 0.143. The number of aliphatic hydroxyl groups is 4. The van der Waals surface area contributed by atoms with E-state index in [1.807, 2.05) is 0 Å². The van der Waals surface area contributed by atoms with Crippen molar-refractivity contribution in [2.75, 3.05) is 6.61 Å². The number of ether oxygens (including phenoxy) is 1. The summed E-state index contributed by atoms with van der Waals surface area (Å²) in [6.45, 7) is 1.12. The Balaban J connectivity index is 2.19. The van der Waals surface area contributed by atoms with Crippen LogP contribution in [0.5, 0.6) is 0 Å². The molecule has 5 atom stereocenters. The second-order valence-corrected chi connectivity index (χ2v) is 6.63. The lowest BCUT2D eigenvalue weighted by molar-refractivity contribution is -0.276. The Kier molecular flexibility index (Phi) is 5.17. The fourth-order valence-electron chi connectivity index (χ4n) is 2.03. The van der Waals surface area contributed by atoms with Crippen LogP contribution < -0.4 is 0 Å². The van der Waals surface area contributed by atoms with Crippen LogP contribution in [0.1, 0.15) is 5.56 Å². The Morgan fingerprint density at radius 1 is 1.09 bits per heavy atom. The zero-order valence-corrected chi connectivity index (χ0v) is 12.5. The van der Waals surface area contributed by atoms with Crippen molar-refractivity contribution in [3.63, 3.8) is 0 Å². The van der Waals surface area contributed by atoms with Gasteiger partial charge in [-0.15, -0.1) is 0 Å². The molecule has 0 aliphatic carbocycles. The molecule has 124 valence electrons. The van der Waals surface area contributed by atoms with E-state index in [1.54, 1.807) is 19.1 Å². The topological polar surface area (TPSA) is 134 Å². The van der Waals surface area contributed by atoms with Gasteiger partial charge in [0, 0.05) is 0 Å². The average molecular weight is 334 g/mol. The minimum atomic E-state index is -4.24. The highest BCUT2D eigenvalue weighted by atomic mass is 32.2. The molecule has 0 aromatic heterocycles. The Hall–Kier alpha value is -1.07. The van der Waals surface area contributed by atoms with Crippen molar-refractivity contribution in [2.45, 2.75) is 42.5 Å². The number of rotatable bonds is 4. The highest BCUT2D eigenvalue weighted by molar-refractivity contribution is 7.86. The van der Waals surface area contributed by atoms with Gasteiger partial charge in [0.15, 0.2) is 0 Å². The van der Waals surface area contributed by atoms with E-state index in [9.17, 15) is 23.7 Å². The van der Waals surface area contributed by atoms with Crippen LogP contribution in [0.25, 0.3) is 0 Å². The predicted molar refractivity (Wildman–Crippen MR) is 73.2 cm³/mol. The summed E-state index contributed by atoms with van der Waals surface area (Å²) in [4.78, 5) is -0.143. The summed E-state index contributed by atoms with van der Waals surface area (Å²) < 4.78 is 34.0. The fraction of sp³-hybridized carbons (Fsp3) is 0.538. The number of hydrogen-bond donors (Lipinski definition) is 4. The van der Waals surface area contributed by atoms with E-state index in [0.29, 0.717) is 0 Å². The number of hydrogen-bond acceptors (Lipinski definition) is 8. The first-order chi connectivity index (χ1) is 10.3. The molecule has 8 nitrogen and oxygen atoms in total. The number of aliphatic hydroxyl groups excluding tert-OH is 4. The lowest BCUT2D eigenvalue weighted by atomic mass is 10.00. The Morgan fingerprint density at radius 2 is 1.68 bits per heavy atom. The van der Waals surface area contributed by atoms with Crippen LogP contribution in [-0.2, 0) is 19.0 Å². The van der Waals surface area contributed by atoms with Gasteiger partial charge in [0.05, 0.1) is 11.5 Å². The summed E-state index contributed by atoms with van der Waals surface area (Å²) in [5.74, 6) is 0. The molecule has 1 aliphatic heterocycles. The molecule has 9 heteroatoms. The van der Waals surface area contributed by atoms with E-state index in [-0.39, 0.29) is 4.90 Å². The normalized spacial score (nSPS) is 32.9. The molecule has 4 N–H and O–H groups in total. The van der Waals surface area contributed by atoms with Gasteiger partial charge in [-0.3, -0.25) is 0 Å². The van der Waals surface area contributed by atoms with Crippen molar-refractivity contribution in [3.8, 4) is 0 Å². The lowest BCUT2D eigenvalue weighted by Gasteiger charge is -2.39. The van der Waals surface area contributed by atoms with Gasteiger partial charge in [-0.05, 0) is 19.1 Å². The fourth-order valence-corrected chi connectivity index (χ4v) is 3.02. The third-order valence-corrected chi connectivity index (χ3v) is 4.67. The standard InChI is InChI=1S/C13H18O8S/c1-7-2-4-8(5-3-7)22(18,19)21-13-12(17)11(16)10(15)9(6-14)20-13/h2-5,9-17H,6H2,1H3/t9-,10+,11+,12-,13-/m1/s1. The molecule has 0 amide bonds. The van der Waals surface area contributed by atoms with Crippen LogP contribution >= 0.6 is 0 Å². The predicted octanol–water partition coefficient (Wildman–Crippen LogP) is -1.50.